The van der Waals surface area contributed by atoms with Crippen molar-refractivity contribution in [2.75, 3.05) is 18.6 Å². The maximum atomic E-state index is 13.0. The first kappa shape index (κ1) is 20.9. The Balaban J connectivity index is 1.96. The number of carbonyl (C=O) groups excluding carboxylic acids is 2. The van der Waals surface area contributed by atoms with E-state index in [-0.39, 0.29) is 47.6 Å². The molecule has 0 amide bonds. The van der Waals surface area contributed by atoms with Crippen LogP contribution in [0.4, 0.5) is 13.2 Å². The summed E-state index contributed by atoms with van der Waals surface area (Å²) in [5, 5.41) is 10.4. The van der Waals surface area contributed by atoms with Gasteiger partial charge in [-0.25, -0.2) is 4.98 Å². The topological polar surface area (TPSA) is 76.5 Å². The molecule has 1 saturated carbocycles. The van der Waals surface area contributed by atoms with Crippen LogP contribution >= 0.6 is 11.8 Å². The van der Waals surface area contributed by atoms with Gasteiger partial charge in [0.05, 0.1) is 18.9 Å². The Morgan fingerprint density at radius 3 is 2.71 bits per heavy atom. The number of aromatic nitrogens is 1. The summed E-state index contributed by atoms with van der Waals surface area (Å²) in [5.74, 6) is -1.41. The Labute approximate surface area is 164 Å². The van der Waals surface area contributed by atoms with Gasteiger partial charge in [-0.1, -0.05) is 0 Å². The van der Waals surface area contributed by atoms with Crippen LogP contribution in [0.2, 0.25) is 0 Å². The Kier molecular flexibility index (Phi) is 6.14. The average Bonchev–Trinajstić information content (AvgIpc) is 3.10. The predicted molar refractivity (Wildman–Crippen MR) is 97.1 cm³/mol. The van der Waals surface area contributed by atoms with E-state index in [1.807, 2.05) is 6.26 Å². The number of rotatable bonds is 7. The molecule has 2 aliphatic rings. The lowest BCUT2D eigenvalue weighted by atomic mass is 9.83. The number of fused-ring (bicyclic) bond motifs is 2. The number of ether oxygens (including phenoxy) is 1. The Hall–Kier alpha value is -1.87. The minimum atomic E-state index is -4.67. The van der Waals surface area contributed by atoms with Gasteiger partial charge in [-0.3, -0.25) is 9.59 Å². The lowest BCUT2D eigenvalue weighted by molar-refractivity contribution is -0.141. The summed E-state index contributed by atoms with van der Waals surface area (Å²) in [4.78, 5) is 29.1. The van der Waals surface area contributed by atoms with Crippen molar-refractivity contribution in [3.05, 3.63) is 40.4 Å². The standard InChI is InChI=1S/C19H20F3NO4S/c1-28-7-6-27-9-13-12(4-5-14(23-13)19(20,21)22)18(26)15-16(24)10-2-3-11(8-10)17(15)25/h4-5,10-11,24H,2-3,6-9H2,1H3. The van der Waals surface area contributed by atoms with Crippen molar-refractivity contribution in [3.63, 3.8) is 0 Å². The van der Waals surface area contributed by atoms with E-state index >= 15 is 0 Å². The zero-order chi connectivity index (χ0) is 20.5. The summed E-state index contributed by atoms with van der Waals surface area (Å²) in [5.41, 5.74) is -1.79. The highest BCUT2D eigenvalue weighted by atomic mass is 32.2. The quantitative estimate of drug-likeness (QED) is 0.413. The fourth-order valence-corrected chi connectivity index (χ4v) is 3.94. The third-order valence-electron chi connectivity index (χ3n) is 5.10. The van der Waals surface area contributed by atoms with E-state index in [0.29, 0.717) is 31.1 Å². The Morgan fingerprint density at radius 2 is 2.04 bits per heavy atom. The number of alkyl halides is 3. The fourth-order valence-electron chi connectivity index (χ4n) is 3.65. The van der Waals surface area contributed by atoms with Crippen LogP contribution in [0.3, 0.4) is 0 Å². The van der Waals surface area contributed by atoms with Crippen molar-refractivity contribution < 1.29 is 32.6 Å². The number of aliphatic hydroxyl groups is 1. The van der Waals surface area contributed by atoms with Crippen LogP contribution in [0, 0.1) is 11.8 Å². The van der Waals surface area contributed by atoms with Gasteiger partial charge in [0.1, 0.15) is 17.0 Å². The number of ketones is 2. The summed E-state index contributed by atoms with van der Waals surface area (Å²) in [6, 6.07) is 1.72. The third kappa shape index (κ3) is 4.10. The van der Waals surface area contributed by atoms with Crippen LogP contribution in [0.25, 0.3) is 0 Å². The largest absolute Gasteiger partial charge is 0.511 e. The van der Waals surface area contributed by atoms with Gasteiger partial charge in [0.15, 0.2) is 5.78 Å². The molecule has 1 N–H and O–H groups in total. The van der Waals surface area contributed by atoms with E-state index in [4.69, 9.17) is 4.74 Å². The van der Waals surface area contributed by atoms with Gasteiger partial charge in [-0.2, -0.15) is 24.9 Å². The molecule has 1 aromatic rings. The van der Waals surface area contributed by atoms with Crippen LogP contribution in [0.5, 0.6) is 0 Å². The molecule has 3 rings (SSSR count). The molecule has 2 atom stereocenters. The second-order valence-electron chi connectivity index (χ2n) is 6.89. The summed E-state index contributed by atoms with van der Waals surface area (Å²) < 4.78 is 44.5. The lowest BCUT2D eigenvalue weighted by Crippen LogP contribution is -2.28. The molecule has 0 aliphatic heterocycles. The molecule has 0 radical (unpaired) electrons. The van der Waals surface area contributed by atoms with E-state index < -0.39 is 23.4 Å². The summed E-state index contributed by atoms with van der Waals surface area (Å²) in [6.45, 7) is -0.00953. The number of aliphatic hydroxyl groups excluding tert-OH is 1. The van der Waals surface area contributed by atoms with Crippen molar-refractivity contribution in [3.8, 4) is 0 Å². The van der Waals surface area contributed by atoms with Crippen molar-refractivity contribution in [1.29, 1.82) is 0 Å². The molecule has 1 fully saturated rings. The SMILES string of the molecule is CSCCOCc1nc(C(F)(F)F)ccc1C(=O)C1=C(O)C2CCC(C2)C1=O. The van der Waals surface area contributed by atoms with Gasteiger partial charge in [0.2, 0.25) is 5.78 Å². The number of hydrogen-bond donors (Lipinski definition) is 1. The fraction of sp³-hybridized carbons (Fsp3) is 0.526. The first-order valence-electron chi connectivity index (χ1n) is 8.89. The molecule has 9 heteroatoms. The van der Waals surface area contributed by atoms with Crippen LogP contribution in [-0.4, -0.2) is 40.3 Å². The molecule has 0 saturated heterocycles. The molecule has 2 unspecified atom stereocenters. The number of pyridine rings is 1. The van der Waals surface area contributed by atoms with Gasteiger partial charge in [-0.05, 0) is 37.7 Å². The van der Waals surface area contributed by atoms with E-state index in [1.54, 1.807) is 0 Å². The van der Waals surface area contributed by atoms with Gasteiger partial charge in [-0.15, -0.1) is 0 Å². The first-order chi connectivity index (χ1) is 13.2. The first-order valence-corrected chi connectivity index (χ1v) is 10.3. The minimum Gasteiger partial charge on any atom is -0.511 e. The van der Waals surface area contributed by atoms with Gasteiger partial charge in [0, 0.05) is 23.2 Å². The number of allylic oxidation sites excluding steroid dienone is 2. The van der Waals surface area contributed by atoms with E-state index in [1.165, 1.54) is 11.8 Å². The van der Waals surface area contributed by atoms with Crippen LogP contribution in [0.15, 0.2) is 23.5 Å². The van der Waals surface area contributed by atoms with Crippen LogP contribution < -0.4 is 0 Å². The van der Waals surface area contributed by atoms with Crippen molar-refractivity contribution in [1.82, 2.24) is 4.98 Å². The molecule has 2 aliphatic carbocycles. The number of Topliss-reactive ketones (excluding diaryl/α,β-unsaturated/α-hetero) is 2. The number of nitrogens with zero attached hydrogens (tertiary/aromatic N) is 1. The molecule has 5 nitrogen and oxygen atoms in total. The lowest BCUT2D eigenvalue weighted by Gasteiger charge is -2.21. The minimum absolute atomic E-state index is 0.145. The van der Waals surface area contributed by atoms with Gasteiger partial charge < -0.3 is 9.84 Å². The monoisotopic (exact) mass is 415 g/mol. The highest BCUT2D eigenvalue weighted by molar-refractivity contribution is 7.98. The number of thioether (sulfide) groups is 1. The van der Waals surface area contributed by atoms with Crippen molar-refractivity contribution in [2.45, 2.75) is 32.0 Å². The molecule has 1 heterocycles. The zero-order valence-corrected chi connectivity index (χ0v) is 16.0. The van der Waals surface area contributed by atoms with Crippen molar-refractivity contribution >= 4 is 23.3 Å². The predicted octanol–water partition coefficient (Wildman–Crippen LogP) is 3.97. The molecule has 0 spiro atoms. The molecular formula is C19H20F3NO4S. The molecule has 0 aromatic carbocycles. The highest BCUT2D eigenvalue weighted by Gasteiger charge is 2.44. The highest BCUT2D eigenvalue weighted by Crippen LogP contribution is 2.43. The summed E-state index contributed by atoms with van der Waals surface area (Å²) >= 11 is 1.51. The number of hydrogen-bond acceptors (Lipinski definition) is 6. The zero-order valence-electron chi connectivity index (χ0n) is 15.2. The molecular weight excluding hydrogens is 395 g/mol. The average molecular weight is 415 g/mol. The van der Waals surface area contributed by atoms with Crippen molar-refractivity contribution in [2.24, 2.45) is 11.8 Å². The van der Waals surface area contributed by atoms with Crippen LogP contribution in [0.1, 0.15) is 41.0 Å². The molecule has 1 aromatic heterocycles. The number of carbonyl (C=O) groups is 2. The second kappa shape index (κ2) is 8.24. The molecule has 152 valence electrons. The number of halogens is 3. The smallest absolute Gasteiger partial charge is 0.433 e. The molecule has 2 bridgehead atoms. The summed E-state index contributed by atoms with van der Waals surface area (Å²) in [6.07, 6.45) is -1.08. The summed E-state index contributed by atoms with van der Waals surface area (Å²) in [7, 11) is 0. The Bertz CT molecular complexity index is 822. The van der Waals surface area contributed by atoms with E-state index in [9.17, 15) is 27.9 Å². The van der Waals surface area contributed by atoms with E-state index in [2.05, 4.69) is 4.98 Å². The van der Waals surface area contributed by atoms with E-state index in [0.717, 1.165) is 6.07 Å². The maximum absolute atomic E-state index is 13.0. The third-order valence-corrected chi connectivity index (χ3v) is 5.67. The second-order valence-corrected chi connectivity index (χ2v) is 7.88. The van der Waals surface area contributed by atoms with Crippen LogP contribution in [-0.2, 0) is 22.3 Å². The normalized spacial score (nSPS) is 22.1. The van der Waals surface area contributed by atoms with Gasteiger partial charge >= 0.3 is 6.18 Å². The molecule has 28 heavy (non-hydrogen) atoms. The maximum Gasteiger partial charge on any atom is 0.433 e. The van der Waals surface area contributed by atoms with Gasteiger partial charge in [0.25, 0.3) is 0 Å². The Morgan fingerprint density at radius 1 is 1.32 bits per heavy atom.